The normalized spacial score (nSPS) is 21.4. The van der Waals surface area contributed by atoms with Crippen LogP contribution in [-0.4, -0.2) is 63.9 Å². The van der Waals surface area contributed by atoms with Crippen LogP contribution in [0.3, 0.4) is 0 Å². The van der Waals surface area contributed by atoms with E-state index in [2.05, 4.69) is 26.2 Å². The van der Waals surface area contributed by atoms with E-state index in [4.69, 9.17) is 28.6 Å². The molecule has 5 rings (SSSR count). The van der Waals surface area contributed by atoms with Crippen LogP contribution in [0.5, 0.6) is 0 Å². The first-order valence-electron chi connectivity index (χ1n) is 11.0. The van der Waals surface area contributed by atoms with Crippen molar-refractivity contribution in [1.82, 2.24) is 24.7 Å². The largest absolute Gasteiger partial charge is 0.379 e. The Morgan fingerprint density at radius 3 is 2.73 bits per heavy atom. The van der Waals surface area contributed by atoms with E-state index in [0.717, 1.165) is 56.5 Å². The summed E-state index contributed by atoms with van der Waals surface area (Å²) in [5.41, 5.74) is 2.75. The first-order chi connectivity index (χ1) is 16.1. The maximum atomic E-state index is 13.8. The molecule has 2 atom stereocenters. The van der Waals surface area contributed by atoms with Gasteiger partial charge >= 0.3 is 0 Å². The Kier molecular flexibility index (Phi) is 6.59. The molecule has 0 aliphatic carbocycles. The van der Waals surface area contributed by atoms with Gasteiger partial charge in [0.15, 0.2) is 5.11 Å². The summed E-state index contributed by atoms with van der Waals surface area (Å²) in [6.45, 7) is 5.03. The maximum absolute atomic E-state index is 13.8. The molecular weight excluding hydrogens is 461 g/mol. The zero-order valence-corrected chi connectivity index (χ0v) is 19.6. The third kappa shape index (κ3) is 4.61. The molecule has 2 saturated heterocycles. The van der Waals surface area contributed by atoms with E-state index >= 15 is 0 Å². The number of ether oxygens (including phenoxy) is 1. The highest BCUT2D eigenvalue weighted by atomic mass is 35.5. The van der Waals surface area contributed by atoms with Gasteiger partial charge in [0.2, 0.25) is 0 Å². The average Bonchev–Trinajstić information content (AvgIpc) is 3.45. The number of pyridine rings is 1. The molecule has 0 amide bonds. The minimum atomic E-state index is -0.434. The summed E-state index contributed by atoms with van der Waals surface area (Å²) in [6, 6.07) is 14.5. The summed E-state index contributed by atoms with van der Waals surface area (Å²) in [4.78, 5) is 9.25. The van der Waals surface area contributed by atoms with E-state index in [1.54, 1.807) is 18.3 Å². The number of nitrogens with zero attached hydrogens (tertiary/aromatic N) is 4. The summed E-state index contributed by atoms with van der Waals surface area (Å²) >= 11 is 11.9. The van der Waals surface area contributed by atoms with Crippen molar-refractivity contribution in [2.75, 3.05) is 39.4 Å². The predicted molar refractivity (Wildman–Crippen MR) is 130 cm³/mol. The zero-order valence-electron chi connectivity index (χ0n) is 18.0. The zero-order chi connectivity index (χ0) is 22.8. The number of aromatic nitrogens is 2. The Morgan fingerprint density at radius 1 is 1.12 bits per heavy atom. The van der Waals surface area contributed by atoms with Crippen LogP contribution in [0, 0.1) is 5.82 Å². The topological polar surface area (TPSA) is 45.6 Å². The van der Waals surface area contributed by atoms with Crippen molar-refractivity contribution >= 4 is 28.9 Å². The molecule has 2 fully saturated rings. The molecule has 6 nitrogen and oxygen atoms in total. The van der Waals surface area contributed by atoms with Gasteiger partial charge in [-0.25, -0.2) is 4.39 Å². The molecule has 9 heteroatoms. The standard InChI is InChI=1S/C24H25ClFN5OS/c25-18-16-17(6-7-19(18)26)30-9-3-5-21(30)23-22(20-4-1-2-8-27-20)28-24(33)31(23)11-10-29-12-14-32-15-13-29/h1-9,16,22-23H,10-15H2,(H,28,33)/t22-,23+/m1/s1. The molecule has 1 N–H and O–H groups in total. The summed E-state index contributed by atoms with van der Waals surface area (Å²) in [5, 5.41) is 4.30. The number of rotatable bonds is 6. The third-order valence-electron chi connectivity index (χ3n) is 6.22. The van der Waals surface area contributed by atoms with Crippen LogP contribution in [-0.2, 0) is 4.74 Å². The van der Waals surface area contributed by atoms with Crippen molar-refractivity contribution in [2.24, 2.45) is 0 Å². The summed E-state index contributed by atoms with van der Waals surface area (Å²) in [5.74, 6) is -0.434. The van der Waals surface area contributed by atoms with Gasteiger partial charge in [-0.05, 0) is 54.7 Å². The molecular formula is C24H25ClFN5OS. The van der Waals surface area contributed by atoms with Crippen molar-refractivity contribution in [3.05, 3.63) is 83.2 Å². The van der Waals surface area contributed by atoms with E-state index < -0.39 is 5.82 Å². The molecule has 0 bridgehead atoms. The van der Waals surface area contributed by atoms with Crippen molar-refractivity contribution in [3.63, 3.8) is 0 Å². The molecule has 1 aromatic carbocycles. The lowest BCUT2D eigenvalue weighted by atomic mass is 10.0. The molecule has 2 aromatic heterocycles. The number of nitrogens with one attached hydrogen (secondary N) is 1. The fraction of sp³-hybridized carbons (Fsp3) is 0.333. The third-order valence-corrected chi connectivity index (χ3v) is 6.87. The molecule has 2 aliphatic heterocycles. The van der Waals surface area contributed by atoms with Crippen LogP contribution in [0.1, 0.15) is 23.5 Å². The van der Waals surface area contributed by atoms with Gasteiger partial charge in [0.25, 0.3) is 0 Å². The Hall–Kier alpha value is -2.52. The second-order valence-electron chi connectivity index (χ2n) is 8.18. The smallest absolute Gasteiger partial charge is 0.170 e. The number of thiocarbonyl (C=S) groups is 1. The highest BCUT2D eigenvalue weighted by Crippen LogP contribution is 2.39. The van der Waals surface area contributed by atoms with E-state index in [9.17, 15) is 4.39 Å². The molecule has 0 radical (unpaired) electrons. The summed E-state index contributed by atoms with van der Waals surface area (Å²) < 4.78 is 21.4. The van der Waals surface area contributed by atoms with Crippen LogP contribution in [0.15, 0.2) is 60.9 Å². The molecule has 0 saturated carbocycles. The Bertz CT molecular complexity index is 1120. The maximum Gasteiger partial charge on any atom is 0.170 e. The Morgan fingerprint density at radius 2 is 1.97 bits per heavy atom. The first-order valence-corrected chi connectivity index (χ1v) is 11.8. The lowest BCUT2D eigenvalue weighted by molar-refractivity contribution is 0.0349. The van der Waals surface area contributed by atoms with Crippen LogP contribution in [0.4, 0.5) is 4.39 Å². The quantitative estimate of drug-likeness (QED) is 0.533. The first kappa shape index (κ1) is 22.3. The monoisotopic (exact) mass is 485 g/mol. The van der Waals surface area contributed by atoms with Crippen molar-refractivity contribution in [3.8, 4) is 5.69 Å². The van der Waals surface area contributed by atoms with Gasteiger partial charge < -0.3 is 19.5 Å². The SMILES string of the molecule is Fc1ccc(-n2cccc2[C@H]2[C@@H](c3ccccn3)NC(=S)N2CCN2CCOCC2)cc1Cl. The van der Waals surface area contributed by atoms with Crippen LogP contribution >= 0.6 is 23.8 Å². The second kappa shape index (κ2) is 9.77. The fourth-order valence-corrected chi connectivity index (χ4v) is 5.05. The van der Waals surface area contributed by atoms with Gasteiger partial charge in [-0.2, -0.15) is 0 Å². The molecule has 33 heavy (non-hydrogen) atoms. The fourth-order valence-electron chi connectivity index (χ4n) is 4.55. The van der Waals surface area contributed by atoms with E-state index in [1.807, 2.05) is 35.0 Å². The van der Waals surface area contributed by atoms with Crippen LogP contribution in [0.2, 0.25) is 5.02 Å². The van der Waals surface area contributed by atoms with Crippen molar-refractivity contribution < 1.29 is 9.13 Å². The number of morpholine rings is 1. The highest BCUT2D eigenvalue weighted by Gasteiger charge is 2.41. The van der Waals surface area contributed by atoms with Crippen molar-refractivity contribution in [1.29, 1.82) is 0 Å². The van der Waals surface area contributed by atoms with Gasteiger partial charge in [0.1, 0.15) is 5.82 Å². The van der Waals surface area contributed by atoms with Gasteiger partial charge in [-0.3, -0.25) is 9.88 Å². The summed E-state index contributed by atoms with van der Waals surface area (Å²) in [7, 11) is 0. The molecule has 0 unspecified atom stereocenters. The molecule has 172 valence electrons. The molecule has 0 spiro atoms. The van der Waals surface area contributed by atoms with Gasteiger partial charge in [-0.1, -0.05) is 17.7 Å². The molecule has 2 aliphatic rings. The minimum absolute atomic E-state index is 0.0905. The lowest BCUT2D eigenvalue weighted by Gasteiger charge is -2.32. The van der Waals surface area contributed by atoms with Crippen molar-refractivity contribution in [2.45, 2.75) is 12.1 Å². The predicted octanol–water partition coefficient (Wildman–Crippen LogP) is 3.97. The van der Waals surface area contributed by atoms with Gasteiger partial charge in [-0.15, -0.1) is 0 Å². The van der Waals surface area contributed by atoms with Gasteiger partial charge in [0.05, 0.1) is 36.0 Å². The Balaban J connectivity index is 1.51. The number of hydrogen-bond donors (Lipinski definition) is 1. The highest BCUT2D eigenvalue weighted by molar-refractivity contribution is 7.80. The van der Waals surface area contributed by atoms with Crippen LogP contribution in [0.25, 0.3) is 5.69 Å². The van der Waals surface area contributed by atoms with E-state index in [0.29, 0.717) is 5.11 Å². The second-order valence-corrected chi connectivity index (χ2v) is 8.97. The van der Waals surface area contributed by atoms with E-state index in [-0.39, 0.29) is 17.1 Å². The lowest BCUT2D eigenvalue weighted by Crippen LogP contribution is -2.42. The molecule has 4 heterocycles. The van der Waals surface area contributed by atoms with Crippen LogP contribution < -0.4 is 5.32 Å². The minimum Gasteiger partial charge on any atom is -0.379 e. The van der Waals surface area contributed by atoms with E-state index in [1.165, 1.54) is 6.07 Å². The number of halogens is 2. The molecule has 3 aromatic rings. The Labute approximate surface area is 202 Å². The van der Waals surface area contributed by atoms with Gasteiger partial charge in [0, 0.05) is 50.0 Å². The number of hydrogen-bond acceptors (Lipinski definition) is 4. The summed E-state index contributed by atoms with van der Waals surface area (Å²) in [6.07, 6.45) is 3.77. The average molecular weight is 486 g/mol. The number of benzene rings is 1.